The summed E-state index contributed by atoms with van der Waals surface area (Å²) in [6.45, 7) is 4.69. The van der Waals surface area contributed by atoms with Crippen LogP contribution >= 0.6 is 0 Å². The third kappa shape index (κ3) is 1.78. The lowest BCUT2D eigenvalue weighted by Gasteiger charge is -2.59. The predicted molar refractivity (Wildman–Crippen MR) is 82.6 cm³/mol. The van der Waals surface area contributed by atoms with Gasteiger partial charge >= 0.3 is 0 Å². The number of fused-ring (bicyclic) bond motifs is 5. The standard InChI is InChI=1S/C19H28O2/c1-18-9-7-13(20)11-12(18)3-4-14-15-5-6-17(21)19(15,2)10-8-16(14)18/h5-6,12-16,20H,3-4,7-11H2,1-2H3/t12-,13-,14-,15?,16-,18-,19-/m0/s1. The van der Waals surface area contributed by atoms with Crippen molar-refractivity contribution in [3.05, 3.63) is 12.2 Å². The number of carbonyl (C=O) groups is 1. The van der Waals surface area contributed by atoms with Crippen molar-refractivity contribution in [2.75, 3.05) is 0 Å². The van der Waals surface area contributed by atoms with E-state index in [-0.39, 0.29) is 11.5 Å². The summed E-state index contributed by atoms with van der Waals surface area (Å²) in [5.41, 5.74) is 0.307. The molecule has 21 heavy (non-hydrogen) atoms. The second kappa shape index (κ2) is 4.44. The summed E-state index contributed by atoms with van der Waals surface area (Å²) in [4.78, 5) is 12.3. The van der Waals surface area contributed by atoms with Gasteiger partial charge < -0.3 is 5.11 Å². The summed E-state index contributed by atoms with van der Waals surface area (Å²) in [5.74, 6) is 3.01. The van der Waals surface area contributed by atoms with Crippen molar-refractivity contribution in [1.29, 1.82) is 0 Å². The summed E-state index contributed by atoms with van der Waals surface area (Å²) in [7, 11) is 0. The molecular weight excluding hydrogens is 260 g/mol. The quantitative estimate of drug-likeness (QED) is 0.737. The second-order valence-electron chi connectivity index (χ2n) is 8.68. The molecule has 2 heteroatoms. The van der Waals surface area contributed by atoms with E-state index in [1.54, 1.807) is 0 Å². The first kappa shape index (κ1) is 14.0. The van der Waals surface area contributed by atoms with Gasteiger partial charge in [0.1, 0.15) is 0 Å². The fraction of sp³-hybridized carbons (Fsp3) is 0.842. The van der Waals surface area contributed by atoms with Gasteiger partial charge in [-0.3, -0.25) is 4.79 Å². The van der Waals surface area contributed by atoms with Crippen molar-refractivity contribution in [2.24, 2.45) is 34.5 Å². The Morgan fingerprint density at radius 3 is 2.76 bits per heavy atom. The van der Waals surface area contributed by atoms with Crippen LogP contribution in [-0.2, 0) is 4.79 Å². The number of rotatable bonds is 0. The smallest absolute Gasteiger partial charge is 0.161 e. The molecule has 0 heterocycles. The van der Waals surface area contributed by atoms with Gasteiger partial charge in [0.25, 0.3) is 0 Å². The molecule has 4 aliphatic carbocycles. The normalized spacial score (nSPS) is 55.8. The van der Waals surface area contributed by atoms with E-state index in [1.807, 2.05) is 6.08 Å². The molecule has 4 aliphatic rings. The molecule has 1 N–H and O–H groups in total. The molecule has 2 nitrogen and oxygen atoms in total. The van der Waals surface area contributed by atoms with Gasteiger partial charge in [-0.05, 0) is 80.1 Å². The molecule has 0 aromatic heterocycles. The minimum Gasteiger partial charge on any atom is -0.393 e. The Morgan fingerprint density at radius 1 is 1.14 bits per heavy atom. The van der Waals surface area contributed by atoms with E-state index in [0.717, 1.165) is 25.2 Å². The van der Waals surface area contributed by atoms with Gasteiger partial charge in [-0.25, -0.2) is 0 Å². The SMILES string of the molecule is C[C@]12CC[C@H](O)C[C@@H]1CC[C@H]1C3C=CC(=O)[C@@]3(C)CC[C@@H]12. The van der Waals surface area contributed by atoms with E-state index in [0.29, 0.717) is 29.0 Å². The Hall–Kier alpha value is -0.630. The summed E-state index contributed by atoms with van der Waals surface area (Å²) < 4.78 is 0. The van der Waals surface area contributed by atoms with E-state index in [9.17, 15) is 9.90 Å². The first-order valence-corrected chi connectivity index (χ1v) is 8.86. The zero-order valence-corrected chi connectivity index (χ0v) is 13.3. The highest BCUT2D eigenvalue weighted by molar-refractivity contribution is 5.97. The van der Waals surface area contributed by atoms with Crippen molar-refractivity contribution in [3.63, 3.8) is 0 Å². The van der Waals surface area contributed by atoms with Crippen LogP contribution < -0.4 is 0 Å². The van der Waals surface area contributed by atoms with E-state index < -0.39 is 0 Å². The maximum atomic E-state index is 12.3. The summed E-state index contributed by atoms with van der Waals surface area (Å²) >= 11 is 0. The topological polar surface area (TPSA) is 37.3 Å². The van der Waals surface area contributed by atoms with Gasteiger partial charge in [0.15, 0.2) is 5.78 Å². The Bertz CT molecular complexity index is 496. The second-order valence-corrected chi connectivity index (χ2v) is 8.68. The van der Waals surface area contributed by atoms with Crippen molar-refractivity contribution < 1.29 is 9.90 Å². The Morgan fingerprint density at radius 2 is 1.95 bits per heavy atom. The van der Waals surface area contributed by atoms with Gasteiger partial charge in [0.2, 0.25) is 0 Å². The Balaban J connectivity index is 1.65. The highest BCUT2D eigenvalue weighted by Crippen LogP contribution is 2.64. The lowest BCUT2D eigenvalue weighted by molar-refractivity contribution is -0.139. The van der Waals surface area contributed by atoms with Crippen molar-refractivity contribution >= 4 is 5.78 Å². The molecule has 116 valence electrons. The van der Waals surface area contributed by atoms with Gasteiger partial charge in [0, 0.05) is 5.41 Å². The van der Waals surface area contributed by atoms with Crippen LogP contribution in [0.5, 0.6) is 0 Å². The minimum atomic E-state index is -0.0987. The van der Waals surface area contributed by atoms with Gasteiger partial charge in [-0.15, -0.1) is 0 Å². The molecule has 4 rings (SSSR count). The number of carbonyl (C=O) groups excluding carboxylic acids is 1. The largest absolute Gasteiger partial charge is 0.393 e. The van der Waals surface area contributed by atoms with Crippen LogP contribution in [0.4, 0.5) is 0 Å². The van der Waals surface area contributed by atoms with Crippen LogP contribution in [-0.4, -0.2) is 17.0 Å². The number of aliphatic hydroxyl groups excluding tert-OH is 1. The molecular formula is C19H28O2. The van der Waals surface area contributed by atoms with Crippen LogP contribution in [0.25, 0.3) is 0 Å². The van der Waals surface area contributed by atoms with Crippen LogP contribution in [0.3, 0.4) is 0 Å². The summed E-state index contributed by atoms with van der Waals surface area (Å²) in [6, 6.07) is 0. The first-order chi connectivity index (χ1) is 9.95. The third-order valence-electron chi connectivity index (χ3n) is 7.91. The molecule has 0 saturated heterocycles. The molecule has 3 fully saturated rings. The van der Waals surface area contributed by atoms with Crippen molar-refractivity contribution in [2.45, 2.75) is 64.9 Å². The number of hydrogen-bond donors (Lipinski definition) is 1. The molecule has 0 bridgehead atoms. The van der Waals surface area contributed by atoms with Crippen LogP contribution in [0, 0.1) is 34.5 Å². The Kier molecular flexibility index (Phi) is 2.96. The van der Waals surface area contributed by atoms with Crippen LogP contribution in [0.2, 0.25) is 0 Å². The van der Waals surface area contributed by atoms with Crippen molar-refractivity contribution in [3.8, 4) is 0 Å². The maximum absolute atomic E-state index is 12.3. The first-order valence-electron chi connectivity index (χ1n) is 8.86. The average molecular weight is 288 g/mol. The maximum Gasteiger partial charge on any atom is 0.161 e. The zero-order valence-electron chi connectivity index (χ0n) is 13.3. The highest BCUT2D eigenvalue weighted by Gasteiger charge is 2.58. The summed E-state index contributed by atoms with van der Waals surface area (Å²) in [5, 5.41) is 10.0. The molecule has 0 aromatic rings. The minimum absolute atomic E-state index is 0.0681. The van der Waals surface area contributed by atoms with E-state index in [1.165, 1.54) is 25.7 Å². The Labute approximate surface area is 128 Å². The lowest BCUT2D eigenvalue weighted by Crippen LogP contribution is -2.54. The van der Waals surface area contributed by atoms with Crippen LogP contribution in [0.1, 0.15) is 58.8 Å². The molecule has 0 radical (unpaired) electrons. The molecule has 7 atom stereocenters. The molecule has 0 amide bonds. The van der Waals surface area contributed by atoms with E-state index >= 15 is 0 Å². The summed E-state index contributed by atoms with van der Waals surface area (Å²) in [6.07, 6.45) is 12.0. The number of hydrogen-bond acceptors (Lipinski definition) is 2. The molecule has 0 aliphatic heterocycles. The number of aliphatic hydroxyl groups is 1. The van der Waals surface area contributed by atoms with Gasteiger partial charge in [-0.1, -0.05) is 19.9 Å². The number of allylic oxidation sites excluding steroid dienone is 2. The lowest BCUT2D eigenvalue weighted by atomic mass is 9.45. The predicted octanol–water partition coefficient (Wildman–Crippen LogP) is 3.74. The fourth-order valence-electron chi connectivity index (χ4n) is 6.51. The van der Waals surface area contributed by atoms with Gasteiger partial charge in [0.05, 0.1) is 6.10 Å². The zero-order chi connectivity index (χ0) is 14.8. The van der Waals surface area contributed by atoms with E-state index in [2.05, 4.69) is 19.9 Å². The van der Waals surface area contributed by atoms with Gasteiger partial charge in [-0.2, -0.15) is 0 Å². The molecule has 1 unspecified atom stereocenters. The van der Waals surface area contributed by atoms with E-state index in [4.69, 9.17) is 0 Å². The molecule has 3 saturated carbocycles. The van der Waals surface area contributed by atoms with Crippen molar-refractivity contribution in [1.82, 2.24) is 0 Å². The number of ketones is 1. The van der Waals surface area contributed by atoms with Crippen LogP contribution in [0.15, 0.2) is 12.2 Å². The fourth-order valence-corrected chi connectivity index (χ4v) is 6.51. The monoisotopic (exact) mass is 288 g/mol. The molecule has 0 aromatic carbocycles. The molecule has 0 spiro atoms. The highest BCUT2D eigenvalue weighted by atomic mass is 16.3. The average Bonchev–Trinajstić information content (AvgIpc) is 2.76. The third-order valence-corrected chi connectivity index (χ3v) is 7.91.